The number of methoxy groups -OCH3 is 1. The van der Waals surface area contributed by atoms with E-state index in [2.05, 4.69) is 4.98 Å². The van der Waals surface area contributed by atoms with Gasteiger partial charge in [0.2, 0.25) is 5.28 Å². The van der Waals surface area contributed by atoms with Crippen LogP contribution in [0.4, 0.5) is 0 Å². The van der Waals surface area contributed by atoms with Gasteiger partial charge in [-0.2, -0.15) is 0 Å². The number of benzene rings is 1. The fraction of sp³-hybridized carbons (Fsp3) is 0.385. The molecule has 5 heteroatoms. The molecule has 1 aromatic carbocycles. The quantitative estimate of drug-likeness (QED) is 0.803. The van der Waals surface area contributed by atoms with Crippen LogP contribution < -0.4 is 0 Å². The molecular formula is C13H15ClN2O2. The molecule has 1 heterocycles. The van der Waals surface area contributed by atoms with Crippen molar-refractivity contribution in [3.8, 4) is 0 Å². The minimum atomic E-state index is -0.259. The summed E-state index contributed by atoms with van der Waals surface area (Å²) in [7, 11) is 1.39. The summed E-state index contributed by atoms with van der Waals surface area (Å²) in [5.74, 6) is -0.508. The standard InChI is InChI=1S/C13H15ClN2O2/c1-8-5-4-6-10-11(8)15-13(14)16(10)7-9(2)12(17)18-3/h4-6,9H,7H2,1-3H3. The molecule has 1 aromatic heterocycles. The number of hydrogen-bond acceptors (Lipinski definition) is 3. The minimum absolute atomic E-state index is 0.249. The molecule has 0 fully saturated rings. The highest BCUT2D eigenvalue weighted by Crippen LogP contribution is 2.23. The number of ether oxygens (including phenoxy) is 1. The van der Waals surface area contributed by atoms with Crippen molar-refractivity contribution in [2.45, 2.75) is 20.4 Å². The number of fused-ring (bicyclic) bond motifs is 1. The van der Waals surface area contributed by atoms with Gasteiger partial charge in [0.1, 0.15) is 0 Å². The van der Waals surface area contributed by atoms with E-state index in [0.717, 1.165) is 16.6 Å². The van der Waals surface area contributed by atoms with Gasteiger partial charge in [0.05, 0.1) is 24.1 Å². The fourth-order valence-corrected chi connectivity index (χ4v) is 2.23. The summed E-state index contributed by atoms with van der Waals surface area (Å²) in [5.41, 5.74) is 2.88. The van der Waals surface area contributed by atoms with Crippen LogP contribution in [-0.4, -0.2) is 22.6 Å². The van der Waals surface area contributed by atoms with Crippen molar-refractivity contribution in [1.82, 2.24) is 9.55 Å². The molecule has 0 N–H and O–H groups in total. The number of hydrogen-bond donors (Lipinski definition) is 0. The van der Waals surface area contributed by atoms with E-state index >= 15 is 0 Å². The van der Waals surface area contributed by atoms with Crippen molar-refractivity contribution in [3.63, 3.8) is 0 Å². The second kappa shape index (κ2) is 4.98. The molecule has 0 aliphatic rings. The second-order valence-electron chi connectivity index (χ2n) is 4.36. The van der Waals surface area contributed by atoms with Crippen LogP contribution in [0.1, 0.15) is 12.5 Å². The number of carbonyl (C=O) groups excluding carboxylic acids is 1. The van der Waals surface area contributed by atoms with E-state index in [0.29, 0.717) is 11.8 Å². The van der Waals surface area contributed by atoms with Gasteiger partial charge in [-0.3, -0.25) is 4.79 Å². The maximum Gasteiger partial charge on any atom is 0.310 e. The Hall–Kier alpha value is -1.55. The molecular weight excluding hydrogens is 252 g/mol. The van der Waals surface area contributed by atoms with Gasteiger partial charge in [0.15, 0.2) is 0 Å². The molecule has 1 atom stereocenters. The molecule has 0 aliphatic heterocycles. The van der Waals surface area contributed by atoms with Crippen LogP contribution in [0.5, 0.6) is 0 Å². The first kappa shape index (κ1) is 12.9. The molecule has 1 unspecified atom stereocenters. The lowest BCUT2D eigenvalue weighted by Crippen LogP contribution is -2.18. The second-order valence-corrected chi connectivity index (χ2v) is 4.70. The van der Waals surface area contributed by atoms with Crippen LogP contribution in [-0.2, 0) is 16.1 Å². The van der Waals surface area contributed by atoms with Crippen LogP contribution in [0.25, 0.3) is 11.0 Å². The van der Waals surface area contributed by atoms with Crippen molar-refractivity contribution in [1.29, 1.82) is 0 Å². The molecule has 0 saturated heterocycles. The molecule has 96 valence electrons. The van der Waals surface area contributed by atoms with E-state index in [9.17, 15) is 4.79 Å². The Balaban J connectivity index is 2.42. The molecule has 2 aromatic rings. The number of para-hydroxylation sites is 1. The van der Waals surface area contributed by atoms with Crippen LogP contribution in [0.3, 0.4) is 0 Å². The third-order valence-corrected chi connectivity index (χ3v) is 3.28. The van der Waals surface area contributed by atoms with Crippen molar-refractivity contribution >= 4 is 28.6 Å². The smallest absolute Gasteiger partial charge is 0.310 e. The zero-order chi connectivity index (χ0) is 13.3. The first-order valence-corrected chi connectivity index (χ1v) is 6.11. The Bertz CT molecular complexity index is 592. The van der Waals surface area contributed by atoms with Crippen LogP contribution in [0.2, 0.25) is 5.28 Å². The summed E-state index contributed by atoms with van der Waals surface area (Å²) in [5, 5.41) is 0.398. The van der Waals surface area contributed by atoms with Crippen molar-refractivity contribution in [2.24, 2.45) is 5.92 Å². The SMILES string of the molecule is COC(=O)C(C)Cn1c(Cl)nc2c(C)cccc21. The molecule has 2 rings (SSSR count). The zero-order valence-electron chi connectivity index (χ0n) is 10.6. The summed E-state index contributed by atoms with van der Waals surface area (Å²) in [4.78, 5) is 15.8. The number of rotatable bonds is 3. The highest BCUT2D eigenvalue weighted by molar-refractivity contribution is 6.29. The van der Waals surface area contributed by atoms with E-state index in [1.54, 1.807) is 0 Å². The number of nitrogens with zero attached hydrogens (tertiary/aromatic N) is 2. The van der Waals surface area contributed by atoms with Gasteiger partial charge in [-0.25, -0.2) is 4.98 Å². The van der Waals surface area contributed by atoms with Gasteiger partial charge in [-0.1, -0.05) is 19.1 Å². The van der Waals surface area contributed by atoms with E-state index in [-0.39, 0.29) is 11.9 Å². The largest absolute Gasteiger partial charge is 0.469 e. The van der Waals surface area contributed by atoms with Crippen LogP contribution in [0, 0.1) is 12.8 Å². The Morgan fingerprint density at radius 2 is 2.28 bits per heavy atom. The lowest BCUT2D eigenvalue weighted by Gasteiger charge is -2.11. The van der Waals surface area contributed by atoms with Gasteiger partial charge in [-0.15, -0.1) is 0 Å². The highest BCUT2D eigenvalue weighted by atomic mass is 35.5. The van der Waals surface area contributed by atoms with Gasteiger partial charge < -0.3 is 9.30 Å². The van der Waals surface area contributed by atoms with Crippen molar-refractivity contribution in [2.75, 3.05) is 7.11 Å². The van der Waals surface area contributed by atoms with E-state index in [4.69, 9.17) is 16.3 Å². The topological polar surface area (TPSA) is 44.1 Å². The predicted molar refractivity (Wildman–Crippen MR) is 70.7 cm³/mol. The molecule has 0 spiro atoms. The normalized spacial score (nSPS) is 12.7. The van der Waals surface area contributed by atoms with E-state index in [1.165, 1.54) is 7.11 Å². The molecule has 0 bridgehead atoms. The monoisotopic (exact) mass is 266 g/mol. The number of aromatic nitrogens is 2. The van der Waals surface area contributed by atoms with Gasteiger partial charge in [0.25, 0.3) is 0 Å². The molecule has 0 aliphatic carbocycles. The summed E-state index contributed by atoms with van der Waals surface area (Å²) in [6.45, 7) is 4.26. The van der Waals surface area contributed by atoms with E-state index < -0.39 is 0 Å². The Labute approximate surface area is 111 Å². The van der Waals surface area contributed by atoms with Gasteiger partial charge >= 0.3 is 5.97 Å². The number of aryl methyl sites for hydroxylation is 1. The first-order chi connectivity index (χ1) is 8.54. The Morgan fingerprint density at radius 1 is 1.56 bits per heavy atom. The molecule has 0 saturated carbocycles. The summed E-state index contributed by atoms with van der Waals surface area (Å²) < 4.78 is 6.56. The lowest BCUT2D eigenvalue weighted by atomic mass is 10.1. The van der Waals surface area contributed by atoms with Gasteiger partial charge in [-0.05, 0) is 30.2 Å². The van der Waals surface area contributed by atoms with Crippen molar-refractivity contribution in [3.05, 3.63) is 29.0 Å². The lowest BCUT2D eigenvalue weighted by molar-refractivity contribution is -0.145. The van der Waals surface area contributed by atoms with Crippen LogP contribution >= 0.6 is 11.6 Å². The zero-order valence-corrected chi connectivity index (χ0v) is 11.4. The van der Waals surface area contributed by atoms with E-state index in [1.807, 2.05) is 36.6 Å². The maximum absolute atomic E-state index is 11.5. The Morgan fingerprint density at radius 3 is 2.94 bits per heavy atom. The molecule has 18 heavy (non-hydrogen) atoms. The minimum Gasteiger partial charge on any atom is -0.469 e. The van der Waals surface area contributed by atoms with Crippen molar-refractivity contribution < 1.29 is 9.53 Å². The summed E-state index contributed by atoms with van der Waals surface area (Å²) in [6.07, 6.45) is 0. The van der Waals surface area contributed by atoms with Crippen LogP contribution in [0.15, 0.2) is 18.2 Å². The average molecular weight is 267 g/mol. The first-order valence-electron chi connectivity index (χ1n) is 5.73. The number of esters is 1. The molecule has 4 nitrogen and oxygen atoms in total. The maximum atomic E-state index is 11.5. The molecule has 0 amide bonds. The number of imidazole rings is 1. The van der Waals surface area contributed by atoms with Gasteiger partial charge in [0, 0.05) is 6.54 Å². The Kier molecular flexibility index (Phi) is 3.57. The predicted octanol–water partition coefficient (Wildman–Crippen LogP) is 2.81. The fourth-order valence-electron chi connectivity index (χ4n) is 1.98. The number of halogens is 1. The summed E-state index contributed by atoms with van der Waals surface area (Å²) >= 11 is 6.13. The number of carbonyl (C=O) groups is 1. The summed E-state index contributed by atoms with van der Waals surface area (Å²) in [6, 6.07) is 5.89. The molecule has 0 radical (unpaired) electrons. The third kappa shape index (κ3) is 2.20. The average Bonchev–Trinajstić information content (AvgIpc) is 2.67. The third-order valence-electron chi connectivity index (χ3n) is 2.99. The highest BCUT2D eigenvalue weighted by Gasteiger charge is 2.18.